The number of imide groups is 1. The Labute approximate surface area is 164 Å². The summed E-state index contributed by atoms with van der Waals surface area (Å²) in [5.41, 5.74) is 2.97. The van der Waals surface area contributed by atoms with Gasteiger partial charge in [0, 0.05) is 18.0 Å². The monoisotopic (exact) mass is 380 g/mol. The van der Waals surface area contributed by atoms with Crippen LogP contribution in [0.4, 0.5) is 5.69 Å². The molecule has 1 aromatic carbocycles. The van der Waals surface area contributed by atoms with Crippen LogP contribution in [-0.4, -0.2) is 29.8 Å². The number of carbonyl (C=O) groups excluding carboxylic acids is 2. The van der Waals surface area contributed by atoms with E-state index < -0.39 is 0 Å². The van der Waals surface area contributed by atoms with Gasteiger partial charge in [0.15, 0.2) is 0 Å². The summed E-state index contributed by atoms with van der Waals surface area (Å²) in [5, 5.41) is 1.95. The molecule has 0 spiro atoms. The van der Waals surface area contributed by atoms with Crippen molar-refractivity contribution in [3.05, 3.63) is 57.9 Å². The van der Waals surface area contributed by atoms with Gasteiger partial charge in [0.2, 0.25) is 0 Å². The molecule has 0 saturated carbocycles. The fourth-order valence-corrected chi connectivity index (χ4v) is 4.72. The molecule has 5 heteroatoms. The quantitative estimate of drug-likeness (QED) is 0.742. The minimum Gasteiger partial charge on any atom is -0.366 e. The minimum absolute atomic E-state index is 0.193. The lowest BCUT2D eigenvalue weighted by Gasteiger charge is -2.33. The molecule has 0 radical (unpaired) electrons. The second-order valence-electron chi connectivity index (χ2n) is 7.36. The minimum atomic E-state index is -0.208. The van der Waals surface area contributed by atoms with E-state index in [-0.39, 0.29) is 11.8 Å². The highest BCUT2D eigenvalue weighted by atomic mass is 32.1. The van der Waals surface area contributed by atoms with E-state index in [4.69, 9.17) is 0 Å². The first-order chi connectivity index (χ1) is 13.1. The number of thiophene rings is 1. The average molecular weight is 381 g/mol. The number of anilines is 1. The van der Waals surface area contributed by atoms with E-state index in [1.807, 2.05) is 41.8 Å². The van der Waals surface area contributed by atoms with Gasteiger partial charge in [0.05, 0.1) is 11.3 Å². The van der Waals surface area contributed by atoms with E-state index >= 15 is 0 Å². The molecule has 2 aliphatic heterocycles. The highest BCUT2D eigenvalue weighted by Crippen LogP contribution is 2.37. The van der Waals surface area contributed by atoms with E-state index in [0.29, 0.717) is 22.9 Å². The summed E-state index contributed by atoms with van der Waals surface area (Å²) in [6, 6.07) is 11.6. The third-order valence-electron chi connectivity index (χ3n) is 5.40. The van der Waals surface area contributed by atoms with E-state index in [0.717, 1.165) is 30.8 Å². The summed E-state index contributed by atoms with van der Waals surface area (Å²) >= 11 is 1.51. The first kappa shape index (κ1) is 18.0. The van der Waals surface area contributed by atoms with Crippen LogP contribution in [0, 0.1) is 5.92 Å². The Morgan fingerprint density at radius 2 is 1.89 bits per heavy atom. The molecule has 0 bridgehead atoms. The van der Waals surface area contributed by atoms with E-state index in [1.54, 1.807) is 0 Å². The molecule has 2 aliphatic rings. The number of piperidine rings is 1. The topological polar surface area (TPSA) is 40.6 Å². The Bertz CT molecular complexity index is 884. The summed E-state index contributed by atoms with van der Waals surface area (Å²) in [6.07, 6.45) is 3.15. The highest BCUT2D eigenvalue weighted by molar-refractivity contribution is 7.11. The smallest absolute Gasteiger partial charge is 0.282 e. The van der Waals surface area contributed by atoms with Crippen molar-refractivity contribution in [3.8, 4) is 0 Å². The lowest BCUT2D eigenvalue weighted by molar-refractivity contribution is -0.120. The van der Waals surface area contributed by atoms with Crippen molar-refractivity contribution in [1.29, 1.82) is 0 Å². The Morgan fingerprint density at radius 3 is 2.52 bits per heavy atom. The van der Waals surface area contributed by atoms with Crippen molar-refractivity contribution in [3.63, 3.8) is 0 Å². The zero-order valence-corrected chi connectivity index (χ0v) is 16.6. The molecule has 1 unspecified atom stereocenters. The molecule has 1 atom stereocenters. The summed E-state index contributed by atoms with van der Waals surface area (Å²) in [7, 11) is 0. The molecule has 2 aromatic rings. The van der Waals surface area contributed by atoms with Gasteiger partial charge in [-0.3, -0.25) is 9.59 Å². The van der Waals surface area contributed by atoms with Crippen molar-refractivity contribution in [2.24, 2.45) is 5.92 Å². The molecule has 4 nitrogen and oxygen atoms in total. The zero-order chi connectivity index (χ0) is 19.0. The third-order valence-corrected chi connectivity index (χ3v) is 6.29. The van der Waals surface area contributed by atoms with Crippen LogP contribution < -0.4 is 4.90 Å². The first-order valence-electron chi connectivity index (χ1n) is 9.61. The SMILES string of the molecule is CCc1ccc(N2C(=O)C(c3cccs3)=C(N3CCCC(C)C3)C2=O)cc1. The molecule has 1 aromatic heterocycles. The normalized spacial score (nSPS) is 20.7. The van der Waals surface area contributed by atoms with Gasteiger partial charge in [-0.25, -0.2) is 4.90 Å². The number of aryl methyl sites for hydroxylation is 1. The van der Waals surface area contributed by atoms with Gasteiger partial charge < -0.3 is 4.90 Å². The molecule has 0 aliphatic carbocycles. The molecule has 0 N–H and O–H groups in total. The number of carbonyl (C=O) groups is 2. The van der Waals surface area contributed by atoms with E-state index in [9.17, 15) is 9.59 Å². The lowest BCUT2D eigenvalue weighted by atomic mass is 9.99. The van der Waals surface area contributed by atoms with Crippen LogP contribution in [0.5, 0.6) is 0 Å². The Balaban J connectivity index is 1.77. The number of nitrogens with zero attached hydrogens (tertiary/aromatic N) is 2. The predicted molar refractivity (Wildman–Crippen MR) is 110 cm³/mol. The third kappa shape index (κ3) is 3.21. The molecular weight excluding hydrogens is 356 g/mol. The summed E-state index contributed by atoms with van der Waals surface area (Å²) in [4.78, 5) is 31.1. The van der Waals surface area contributed by atoms with Gasteiger partial charge in [-0.1, -0.05) is 32.0 Å². The highest BCUT2D eigenvalue weighted by Gasteiger charge is 2.43. The molecule has 27 heavy (non-hydrogen) atoms. The van der Waals surface area contributed by atoms with Crippen molar-refractivity contribution in [2.45, 2.75) is 33.1 Å². The molecule has 3 heterocycles. The molecule has 1 fully saturated rings. The standard InChI is InChI=1S/C22H24N2O2S/c1-3-16-8-10-17(11-9-16)24-21(25)19(18-7-5-13-27-18)20(22(24)26)23-12-4-6-15(2)14-23/h5,7-11,13,15H,3-4,6,12,14H2,1-2H3. The van der Waals surface area contributed by atoms with Crippen LogP contribution in [0.3, 0.4) is 0 Å². The maximum Gasteiger partial charge on any atom is 0.282 e. The number of hydrogen-bond acceptors (Lipinski definition) is 4. The zero-order valence-electron chi connectivity index (χ0n) is 15.8. The van der Waals surface area contributed by atoms with Crippen molar-refractivity contribution < 1.29 is 9.59 Å². The summed E-state index contributed by atoms with van der Waals surface area (Å²) < 4.78 is 0. The molecule has 2 amide bonds. The van der Waals surface area contributed by atoms with E-state index in [1.165, 1.54) is 28.2 Å². The van der Waals surface area contributed by atoms with Crippen LogP contribution in [0.2, 0.25) is 0 Å². The van der Waals surface area contributed by atoms with Crippen molar-refractivity contribution in [2.75, 3.05) is 18.0 Å². The summed E-state index contributed by atoms with van der Waals surface area (Å²) in [6.45, 7) is 5.95. The van der Waals surface area contributed by atoms with Gasteiger partial charge >= 0.3 is 0 Å². The van der Waals surface area contributed by atoms with Crippen LogP contribution >= 0.6 is 11.3 Å². The lowest BCUT2D eigenvalue weighted by Crippen LogP contribution is -2.39. The van der Waals surface area contributed by atoms with Gasteiger partial charge in [0.25, 0.3) is 11.8 Å². The second-order valence-corrected chi connectivity index (χ2v) is 8.31. The Kier molecular flexibility index (Phi) is 4.87. The number of hydrogen-bond donors (Lipinski definition) is 0. The van der Waals surface area contributed by atoms with Crippen molar-refractivity contribution >= 4 is 34.4 Å². The maximum atomic E-state index is 13.4. The van der Waals surface area contributed by atoms with Crippen LogP contribution in [-0.2, 0) is 16.0 Å². The Morgan fingerprint density at radius 1 is 1.11 bits per heavy atom. The van der Waals surface area contributed by atoms with Crippen LogP contribution in [0.15, 0.2) is 47.5 Å². The summed E-state index contributed by atoms with van der Waals surface area (Å²) in [5.74, 6) is 0.123. The fraction of sp³-hybridized carbons (Fsp3) is 0.364. The van der Waals surface area contributed by atoms with Crippen LogP contribution in [0.1, 0.15) is 37.1 Å². The largest absolute Gasteiger partial charge is 0.366 e. The average Bonchev–Trinajstić information content (AvgIpc) is 3.28. The number of rotatable bonds is 4. The molecule has 4 rings (SSSR count). The number of amides is 2. The fourth-order valence-electron chi connectivity index (χ4n) is 3.96. The van der Waals surface area contributed by atoms with E-state index in [2.05, 4.69) is 18.7 Å². The van der Waals surface area contributed by atoms with Crippen molar-refractivity contribution in [1.82, 2.24) is 4.90 Å². The van der Waals surface area contributed by atoms with Gasteiger partial charge in [0.1, 0.15) is 5.70 Å². The molecule has 140 valence electrons. The van der Waals surface area contributed by atoms with Gasteiger partial charge in [-0.2, -0.15) is 0 Å². The number of benzene rings is 1. The Hall–Kier alpha value is -2.40. The van der Waals surface area contributed by atoms with Gasteiger partial charge in [-0.05, 0) is 54.3 Å². The maximum absolute atomic E-state index is 13.4. The van der Waals surface area contributed by atoms with Crippen LogP contribution in [0.25, 0.3) is 5.57 Å². The van der Waals surface area contributed by atoms with Gasteiger partial charge in [-0.15, -0.1) is 11.3 Å². The predicted octanol–water partition coefficient (Wildman–Crippen LogP) is 4.33. The molecular formula is C22H24N2O2S. The second kappa shape index (κ2) is 7.31. The first-order valence-corrected chi connectivity index (χ1v) is 10.5. The number of likely N-dealkylation sites (tertiary alicyclic amines) is 1. The molecule has 1 saturated heterocycles.